The van der Waals surface area contributed by atoms with E-state index >= 15 is 0 Å². The van der Waals surface area contributed by atoms with Gasteiger partial charge in [0.1, 0.15) is 25.8 Å². The maximum atomic E-state index is 13.8. The average Bonchev–Trinajstić information content (AvgIpc) is 2.91. The summed E-state index contributed by atoms with van der Waals surface area (Å²) in [6.45, 7) is 5.95. The number of amides is 2. The minimum atomic E-state index is -3.87. The first-order chi connectivity index (χ1) is 18.1. The van der Waals surface area contributed by atoms with Gasteiger partial charge in [0.15, 0.2) is 11.5 Å². The van der Waals surface area contributed by atoms with Gasteiger partial charge in [0.2, 0.25) is 21.8 Å². The molecule has 0 saturated carbocycles. The van der Waals surface area contributed by atoms with Crippen LogP contribution in [0.1, 0.15) is 39.2 Å². The van der Waals surface area contributed by atoms with Crippen molar-refractivity contribution in [2.24, 2.45) is 0 Å². The van der Waals surface area contributed by atoms with Gasteiger partial charge in [0.25, 0.3) is 0 Å². The molecule has 1 N–H and O–H groups in total. The highest BCUT2D eigenvalue weighted by atomic mass is 35.5. The normalized spacial score (nSPS) is 13.5. The summed E-state index contributed by atoms with van der Waals surface area (Å²) in [7, 11) is -3.87. The molecule has 0 aromatic heterocycles. The standard InChI is InChI=1S/C26H33Cl2N3O6S/c1-4-11-29-26(33)22(5-2)30(16-18-7-9-20(27)21(28)14-18)25(32)17-31(38(34,35)6-3)19-8-10-23-24(15-19)37-13-12-36-23/h7-10,14-15,22H,4-6,11-13,16-17H2,1-3H3,(H,29,33)/t22-/m1/s1. The van der Waals surface area contributed by atoms with E-state index in [0.29, 0.717) is 53.3 Å². The van der Waals surface area contributed by atoms with Crippen molar-refractivity contribution in [3.63, 3.8) is 0 Å². The maximum absolute atomic E-state index is 13.8. The van der Waals surface area contributed by atoms with Gasteiger partial charge < -0.3 is 19.7 Å². The SMILES string of the molecule is CCCNC(=O)[C@@H](CC)N(Cc1ccc(Cl)c(Cl)c1)C(=O)CN(c1ccc2c(c1)OCCO2)S(=O)(=O)CC. The Morgan fingerprint density at radius 3 is 2.34 bits per heavy atom. The summed E-state index contributed by atoms with van der Waals surface area (Å²) in [6.07, 6.45) is 1.06. The van der Waals surface area contributed by atoms with Crippen molar-refractivity contribution in [1.82, 2.24) is 10.2 Å². The second-order valence-electron chi connectivity index (χ2n) is 8.72. The van der Waals surface area contributed by atoms with Gasteiger partial charge in [-0.2, -0.15) is 0 Å². The van der Waals surface area contributed by atoms with Gasteiger partial charge in [-0.3, -0.25) is 13.9 Å². The van der Waals surface area contributed by atoms with Gasteiger partial charge in [-0.1, -0.05) is 43.1 Å². The predicted octanol–water partition coefficient (Wildman–Crippen LogP) is 4.25. The number of anilines is 1. The number of sulfonamides is 1. The summed E-state index contributed by atoms with van der Waals surface area (Å²) in [4.78, 5) is 28.3. The number of ether oxygens (including phenoxy) is 2. The summed E-state index contributed by atoms with van der Waals surface area (Å²) in [6, 6.07) is 8.87. The third-order valence-corrected chi connectivity index (χ3v) is 8.55. The van der Waals surface area contributed by atoms with E-state index in [1.807, 2.05) is 6.92 Å². The Morgan fingerprint density at radius 1 is 1.00 bits per heavy atom. The number of carbonyl (C=O) groups is 2. The molecule has 0 aliphatic carbocycles. The second kappa shape index (κ2) is 13.4. The number of fused-ring (bicyclic) bond motifs is 1. The van der Waals surface area contributed by atoms with Gasteiger partial charge in [-0.25, -0.2) is 8.42 Å². The number of benzene rings is 2. The first kappa shape index (κ1) is 29.9. The van der Waals surface area contributed by atoms with Crippen LogP contribution < -0.4 is 19.1 Å². The van der Waals surface area contributed by atoms with E-state index < -0.39 is 28.5 Å². The third-order valence-electron chi connectivity index (χ3n) is 6.07. The maximum Gasteiger partial charge on any atom is 0.244 e. The molecule has 9 nitrogen and oxygen atoms in total. The second-order valence-corrected chi connectivity index (χ2v) is 11.7. The number of rotatable bonds is 12. The zero-order valence-electron chi connectivity index (χ0n) is 21.7. The minimum absolute atomic E-state index is 0.0366. The lowest BCUT2D eigenvalue weighted by atomic mass is 10.1. The van der Waals surface area contributed by atoms with Crippen molar-refractivity contribution in [3.8, 4) is 11.5 Å². The molecule has 1 atom stereocenters. The van der Waals surface area contributed by atoms with E-state index in [0.717, 1.165) is 10.7 Å². The van der Waals surface area contributed by atoms with Crippen LogP contribution >= 0.6 is 23.2 Å². The van der Waals surface area contributed by atoms with E-state index in [1.54, 1.807) is 43.3 Å². The number of nitrogens with zero attached hydrogens (tertiary/aromatic N) is 2. The number of nitrogens with one attached hydrogen (secondary N) is 1. The first-order valence-electron chi connectivity index (χ1n) is 12.5. The lowest BCUT2D eigenvalue weighted by Crippen LogP contribution is -2.52. The van der Waals surface area contributed by atoms with Crippen LogP contribution in [0.15, 0.2) is 36.4 Å². The largest absolute Gasteiger partial charge is 0.486 e. The highest BCUT2D eigenvalue weighted by Crippen LogP contribution is 2.35. The van der Waals surface area contributed by atoms with E-state index in [9.17, 15) is 18.0 Å². The van der Waals surface area contributed by atoms with Crippen LogP contribution in [0.3, 0.4) is 0 Å². The zero-order chi connectivity index (χ0) is 27.9. The number of hydrogen-bond donors (Lipinski definition) is 1. The first-order valence-corrected chi connectivity index (χ1v) is 14.9. The zero-order valence-corrected chi connectivity index (χ0v) is 24.0. The molecule has 0 unspecified atom stereocenters. The third kappa shape index (κ3) is 7.24. The van der Waals surface area contributed by atoms with Crippen LogP contribution in [0, 0.1) is 0 Å². The van der Waals surface area contributed by atoms with E-state index in [-0.39, 0.29) is 23.9 Å². The van der Waals surface area contributed by atoms with Gasteiger partial charge >= 0.3 is 0 Å². The van der Waals surface area contributed by atoms with Crippen LogP contribution in [0.25, 0.3) is 0 Å². The Kier molecular flexibility index (Phi) is 10.5. The molecule has 0 spiro atoms. The molecule has 3 rings (SSSR count). The summed E-state index contributed by atoms with van der Waals surface area (Å²) in [5.41, 5.74) is 0.918. The van der Waals surface area contributed by atoms with Gasteiger partial charge in [0, 0.05) is 19.2 Å². The molecule has 208 valence electrons. The molecule has 0 fully saturated rings. The Bertz CT molecular complexity index is 1260. The monoisotopic (exact) mass is 585 g/mol. The van der Waals surface area contributed by atoms with Gasteiger partial charge in [-0.15, -0.1) is 0 Å². The molecule has 0 radical (unpaired) electrons. The van der Waals surface area contributed by atoms with Crippen LogP contribution in [0.4, 0.5) is 5.69 Å². The van der Waals surface area contributed by atoms with Crippen molar-refractivity contribution in [3.05, 3.63) is 52.0 Å². The van der Waals surface area contributed by atoms with Gasteiger partial charge in [0.05, 0.1) is 21.5 Å². The Balaban J connectivity index is 1.98. The Morgan fingerprint density at radius 2 is 1.71 bits per heavy atom. The fourth-order valence-corrected chi connectivity index (χ4v) is 5.40. The minimum Gasteiger partial charge on any atom is -0.486 e. The summed E-state index contributed by atoms with van der Waals surface area (Å²) in [5.74, 6) is -0.181. The number of carbonyl (C=O) groups excluding carboxylic acids is 2. The smallest absolute Gasteiger partial charge is 0.244 e. The molecule has 1 aliphatic rings. The molecule has 38 heavy (non-hydrogen) atoms. The van der Waals surface area contributed by atoms with Crippen molar-refractivity contribution < 1.29 is 27.5 Å². The van der Waals surface area contributed by atoms with E-state index in [4.69, 9.17) is 32.7 Å². The fraction of sp³-hybridized carbons (Fsp3) is 0.462. The molecular formula is C26H33Cl2N3O6S. The van der Waals surface area contributed by atoms with Crippen molar-refractivity contribution in [2.75, 3.05) is 36.4 Å². The lowest BCUT2D eigenvalue weighted by molar-refractivity contribution is -0.140. The Hall–Kier alpha value is -2.69. The average molecular weight is 587 g/mol. The number of halogens is 2. The molecule has 12 heteroatoms. The molecule has 2 aromatic carbocycles. The van der Waals surface area contributed by atoms with Crippen LogP contribution in [-0.4, -0.2) is 63.2 Å². The highest BCUT2D eigenvalue weighted by Gasteiger charge is 2.33. The fourth-order valence-electron chi connectivity index (χ4n) is 4.03. The van der Waals surface area contributed by atoms with E-state index in [2.05, 4.69) is 5.32 Å². The summed E-state index contributed by atoms with van der Waals surface area (Å²) in [5, 5.41) is 3.52. The predicted molar refractivity (Wildman–Crippen MR) is 149 cm³/mol. The molecule has 0 bridgehead atoms. The van der Waals surface area contributed by atoms with E-state index in [1.165, 1.54) is 11.8 Å². The molecule has 0 saturated heterocycles. The molecule has 2 aromatic rings. The summed E-state index contributed by atoms with van der Waals surface area (Å²) >= 11 is 12.3. The topological polar surface area (TPSA) is 105 Å². The molecule has 2 amide bonds. The van der Waals surface area contributed by atoms with Crippen LogP contribution in [-0.2, 0) is 26.2 Å². The van der Waals surface area contributed by atoms with Gasteiger partial charge in [-0.05, 0) is 49.6 Å². The molecular weight excluding hydrogens is 553 g/mol. The highest BCUT2D eigenvalue weighted by molar-refractivity contribution is 7.92. The summed E-state index contributed by atoms with van der Waals surface area (Å²) < 4.78 is 38.5. The Labute approximate surface area is 234 Å². The lowest BCUT2D eigenvalue weighted by Gasteiger charge is -2.33. The van der Waals surface area contributed by atoms with Crippen molar-refractivity contribution >= 4 is 50.7 Å². The quantitative estimate of drug-likeness (QED) is 0.399. The van der Waals surface area contributed by atoms with Crippen LogP contribution in [0.2, 0.25) is 10.0 Å². The number of hydrogen-bond acceptors (Lipinski definition) is 6. The van der Waals surface area contributed by atoms with Crippen molar-refractivity contribution in [2.45, 2.75) is 46.2 Å². The molecule has 1 heterocycles. The van der Waals surface area contributed by atoms with Crippen LogP contribution in [0.5, 0.6) is 11.5 Å². The molecule has 1 aliphatic heterocycles. The van der Waals surface area contributed by atoms with Crippen molar-refractivity contribution in [1.29, 1.82) is 0 Å².